The number of pyridine rings is 1. The minimum Gasteiger partial charge on any atom is -0.353 e. The van der Waals surface area contributed by atoms with E-state index in [1.165, 1.54) is 6.07 Å². The van der Waals surface area contributed by atoms with Crippen molar-refractivity contribution in [3.05, 3.63) is 58.9 Å². The zero-order valence-electron chi connectivity index (χ0n) is 13.2. The van der Waals surface area contributed by atoms with Crippen molar-refractivity contribution >= 4 is 17.2 Å². The summed E-state index contributed by atoms with van der Waals surface area (Å²) in [5.74, 6) is 1.50. The third-order valence-corrected chi connectivity index (χ3v) is 5.02. The zero-order chi connectivity index (χ0) is 16.4. The molecule has 4 rings (SSSR count). The van der Waals surface area contributed by atoms with Crippen molar-refractivity contribution in [3.63, 3.8) is 0 Å². The van der Waals surface area contributed by atoms with Gasteiger partial charge < -0.3 is 9.47 Å². The number of nitrogens with zero attached hydrogens (tertiary/aromatic N) is 5. The lowest BCUT2D eigenvalue weighted by molar-refractivity contribution is 0.467. The van der Waals surface area contributed by atoms with Crippen molar-refractivity contribution in [3.8, 4) is 0 Å². The number of piperidine rings is 1. The van der Waals surface area contributed by atoms with Gasteiger partial charge in [0.1, 0.15) is 5.82 Å². The Morgan fingerprint density at radius 3 is 3.04 bits per heavy atom. The molecular weight excluding hydrogens is 325 g/mol. The fourth-order valence-corrected chi connectivity index (χ4v) is 3.84. The summed E-state index contributed by atoms with van der Waals surface area (Å²) in [6.07, 6.45) is 7.53. The molecule has 5 nitrogen and oxygen atoms in total. The van der Waals surface area contributed by atoms with Crippen LogP contribution in [0.1, 0.15) is 30.3 Å². The average molecular weight is 343 g/mol. The van der Waals surface area contributed by atoms with Crippen molar-refractivity contribution in [1.82, 2.24) is 19.5 Å². The molecule has 3 aromatic rings. The van der Waals surface area contributed by atoms with E-state index in [9.17, 15) is 4.39 Å². The molecular formula is C17H18FN5S. The molecule has 1 fully saturated rings. The van der Waals surface area contributed by atoms with E-state index < -0.39 is 0 Å². The van der Waals surface area contributed by atoms with Crippen molar-refractivity contribution in [2.45, 2.75) is 25.3 Å². The summed E-state index contributed by atoms with van der Waals surface area (Å²) in [6.45, 7) is 2.30. The summed E-state index contributed by atoms with van der Waals surface area (Å²) in [5, 5.41) is 2.06. The lowest BCUT2D eigenvalue weighted by Gasteiger charge is -2.33. The van der Waals surface area contributed by atoms with Crippen LogP contribution in [-0.4, -0.2) is 32.6 Å². The van der Waals surface area contributed by atoms with E-state index in [0.717, 1.165) is 44.0 Å². The maximum Gasteiger partial charge on any atom is 0.165 e. The van der Waals surface area contributed by atoms with Crippen LogP contribution >= 0.6 is 11.3 Å². The van der Waals surface area contributed by atoms with E-state index in [2.05, 4.69) is 24.9 Å². The van der Waals surface area contributed by atoms with Crippen LogP contribution in [0, 0.1) is 5.82 Å². The maximum atomic E-state index is 14.0. The van der Waals surface area contributed by atoms with Gasteiger partial charge in [-0.2, -0.15) is 0 Å². The summed E-state index contributed by atoms with van der Waals surface area (Å²) in [5.41, 5.74) is 2.89. The smallest absolute Gasteiger partial charge is 0.165 e. The van der Waals surface area contributed by atoms with E-state index in [0.29, 0.717) is 5.82 Å². The maximum absolute atomic E-state index is 14.0. The minimum atomic E-state index is -0.260. The van der Waals surface area contributed by atoms with E-state index in [1.54, 1.807) is 23.6 Å². The monoisotopic (exact) mass is 343 g/mol. The summed E-state index contributed by atoms with van der Waals surface area (Å²) >= 11 is 1.60. The standard InChI is InChI=1S/C17H18FN5S/c18-15-4-1-5-19-17(15)22-7-2-3-13(9-22)16-20-6-8-23(16)10-14-11-24-12-21-14/h1,4-6,8,11-13H,2-3,7,9-10H2/t13-/m0/s1. The summed E-state index contributed by atoms with van der Waals surface area (Å²) < 4.78 is 16.2. The number of hydrogen-bond donors (Lipinski definition) is 0. The lowest BCUT2D eigenvalue weighted by Crippen LogP contribution is -2.36. The van der Waals surface area contributed by atoms with Crippen LogP contribution < -0.4 is 4.90 Å². The molecule has 0 saturated carbocycles. The molecule has 0 unspecified atom stereocenters. The molecule has 7 heteroatoms. The van der Waals surface area contributed by atoms with Crippen LogP contribution in [0.25, 0.3) is 0 Å². The van der Waals surface area contributed by atoms with Gasteiger partial charge in [-0.15, -0.1) is 11.3 Å². The van der Waals surface area contributed by atoms with Gasteiger partial charge in [0.25, 0.3) is 0 Å². The fraction of sp³-hybridized carbons (Fsp3) is 0.353. The molecule has 0 radical (unpaired) electrons. The summed E-state index contributed by atoms with van der Waals surface area (Å²) in [4.78, 5) is 15.2. The Morgan fingerprint density at radius 1 is 1.25 bits per heavy atom. The highest BCUT2D eigenvalue weighted by atomic mass is 32.1. The van der Waals surface area contributed by atoms with E-state index in [-0.39, 0.29) is 11.7 Å². The van der Waals surface area contributed by atoms with Crippen LogP contribution in [0.15, 0.2) is 41.6 Å². The van der Waals surface area contributed by atoms with Gasteiger partial charge in [-0.05, 0) is 25.0 Å². The predicted molar refractivity (Wildman–Crippen MR) is 91.8 cm³/mol. The second-order valence-electron chi connectivity index (χ2n) is 5.99. The quantitative estimate of drug-likeness (QED) is 0.729. The average Bonchev–Trinajstić information content (AvgIpc) is 3.28. The first-order valence-corrected chi connectivity index (χ1v) is 8.99. The van der Waals surface area contributed by atoms with Crippen molar-refractivity contribution in [2.24, 2.45) is 0 Å². The lowest BCUT2D eigenvalue weighted by atomic mass is 9.97. The highest BCUT2D eigenvalue weighted by Crippen LogP contribution is 2.29. The highest BCUT2D eigenvalue weighted by molar-refractivity contribution is 7.07. The molecule has 124 valence electrons. The van der Waals surface area contributed by atoms with Gasteiger partial charge in [-0.1, -0.05) is 0 Å². The molecule has 0 amide bonds. The second-order valence-corrected chi connectivity index (χ2v) is 6.71. The third-order valence-electron chi connectivity index (χ3n) is 4.39. The fourth-order valence-electron chi connectivity index (χ4n) is 3.29. The molecule has 0 bridgehead atoms. The number of anilines is 1. The molecule has 1 saturated heterocycles. The Bertz CT molecular complexity index is 801. The Labute approximate surface area is 143 Å². The van der Waals surface area contributed by atoms with Gasteiger partial charge >= 0.3 is 0 Å². The Balaban J connectivity index is 1.55. The second kappa shape index (κ2) is 6.68. The predicted octanol–water partition coefficient (Wildman–Crippen LogP) is 3.31. The number of rotatable bonds is 4. The van der Waals surface area contributed by atoms with Crippen LogP contribution in [-0.2, 0) is 6.54 Å². The van der Waals surface area contributed by atoms with Crippen LogP contribution in [0.3, 0.4) is 0 Å². The molecule has 0 N–H and O–H groups in total. The zero-order valence-corrected chi connectivity index (χ0v) is 14.0. The van der Waals surface area contributed by atoms with Gasteiger partial charge in [-0.3, -0.25) is 0 Å². The Kier molecular flexibility index (Phi) is 4.25. The molecule has 0 spiro atoms. The molecule has 1 atom stereocenters. The Morgan fingerprint density at radius 2 is 2.21 bits per heavy atom. The Hall–Kier alpha value is -2.28. The molecule has 0 aromatic carbocycles. The first-order chi connectivity index (χ1) is 11.8. The highest BCUT2D eigenvalue weighted by Gasteiger charge is 2.26. The number of thiazole rings is 1. The van der Waals surface area contributed by atoms with Gasteiger partial charge in [0.2, 0.25) is 0 Å². The molecule has 3 aromatic heterocycles. The summed E-state index contributed by atoms with van der Waals surface area (Å²) in [7, 11) is 0. The van der Waals surface area contributed by atoms with Gasteiger partial charge in [0, 0.05) is 43.0 Å². The number of hydrogen-bond acceptors (Lipinski definition) is 5. The minimum absolute atomic E-state index is 0.260. The van der Waals surface area contributed by atoms with Gasteiger partial charge in [-0.25, -0.2) is 19.3 Å². The molecule has 1 aliphatic rings. The number of imidazole rings is 1. The first-order valence-electron chi connectivity index (χ1n) is 8.05. The van der Waals surface area contributed by atoms with Crippen LogP contribution in [0.5, 0.6) is 0 Å². The van der Waals surface area contributed by atoms with Crippen molar-refractivity contribution in [2.75, 3.05) is 18.0 Å². The first kappa shape index (κ1) is 15.3. The summed E-state index contributed by atoms with van der Waals surface area (Å²) in [6, 6.07) is 3.09. The number of halogens is 1. The van der Waals surface area contributed by atoms with Gasteiger partial charge in [0.15, 0.2) is 11.6 Å². The van der Waals surface area contributed by atoms with Crippen molar-refractivity contribution in [1.29, 1.82) is 0 Å². The SMILES string of the molecule is Fc1cccnc1N1CCC[C@H](c2nccn2Cc2cscn2)C1. The number of aromatic nitrogens is 4. The largest absolute Gasteiger partial charge is 0.353 e. The van der Waals surface area contributed by atoms with Crippen LogP contribution in [0.2, 0.25) is 0 Å². The van der Waals surface area contributed by atoms with E-state index >= 15 is 0 Å². The van der Waals surface area contributed by atoms with Crippen molar-refractivity contribution < 1.29 is 4.39 Å². The molecule has 4 heterocycles. The topological polar surface area (TPSA) is 46.8 Å². The van der Waals surface area contributed by atoms with Gasteiger partial charge in [0.05, 0.1) is 17.7 Å². The molecule has 1 aliphatic heterocycles. The van der Waals surface area contributed by atoms with Crippen LogP contribution in [0.4, 0.5) is 10.2 Å². The molecule has 24 heavy (non-hydrogen) atoms. The van der Waals surface area contributed by atoms with E-state index in [4.69, 9.17) is 0 Å². The third kappa shape index (κ3) is 3.03. The molecule has 0 aliphatic carbocycles. The van der Waals surface area contributed by atoms with E-state index in [1.807, 2.05) is 22.8 Å². The normalized spacial score (nSPS) is 18.0.